The van der Waals surface area contributed by atoms with Gasteiger partial charge in [-0.3, -0.25) is 37.9 Å². The first-order valence-corrected chi connectivity index (χ1v) is 24.4. The number of nitrogens with one attached hydrogen (secondary N) is 2. The lowest BCUT2D eigenvalue weighted by Gasteiger charge is -2.17. The number of hydrogen-bond acceptors (Lipinski definition) is 18. The highest BCUT2D eigenvalue weighted by Gasteiger charge is 2.30. The summed E-state index contributed by atoms with van der Waals surface area (Å²) in [7, 11) is 1.12. The minimum Gasteiger partial charge on any atom is -0.494 e. The van der Waals surface area contributed by atoms with Gasteiger partial charge in [-0.25, -0.2) is 16.8 Å². The average Bonchev–Trinajstić information content (AvgIpc) is 4.15. The maximum absolute atomic E-state index is 13.0. The van der Waals surface area contributed by atoms with E-state index in [1.54, 1.807) is 84.4 Å². The second kappa shape index (κ2) is 21.5. The molecule has 0 saturated heterocycles. The topological polar surface area (TPSA) is 293 Å². The number of anilines is 2. The van der Waals surface area contributed by atoms with Crippen molar-refractivity contribution >= 4 is 55.1 Å². The number of rotatable bonds is 18. The van der Waals surface area contributed by atoms with Crippen LogP contribution in [-0.2, 0) is 34.1 Å². The molecule has 0 saturated carbocycles. The number of hydrogen-bond donors (Lipinski definition) is 4. The first kappa shape index (κ1) is 50.5. The largest absolute Gasteiger partial charge is 0.494 e. The number of para-hydroxylation sites is 2. The Hall–Kier alpha value is -7.36. The molecule has 0 amide bonds. The van der Waals surface area contributed by atoms with E-state index in [0.717, 1.165) is 0 Å². The molecule has 24 nitrogen and oxygen atoms in total. The Morgan fingerprint density at radius 1 is 0.557 bits per heavy atom. The number of aliphatic hydroxyl groups is 2. The van der Waals surface area contributed by atoms with Gasteiger partial charge in [0.1, 0.15) is 69.5 Å². The van der Waals surface area contributed by atoms with Crippen LogP contribution in [0.2, 0.25) is 10.0 Å². The molecule has 368 valence electrons. The summed E-state index contributed by atoms with van der Waals surface area (Å²) in [5.41, 5.74) is 1.90. The quantitative estimate of drug-likeness (QED) is 0.0925. The molecule has 0 bridgehead atoms. The first-order chi connectivity index (χ1) is 33.4. The van der Waals surface area contributed by atoms with E-state index in [1.807, 2.05) is 0 Å². The molecular weight excluding hydrogens is 996 g/mol. The number of ether oxygens (including phenoxy) is 4. The molecule has 8 rings (SSSR count). The summed E-state index contributed by atoms with van der Waals surface area (Å²) in [5.74, 6) is 0.345. The first-order valence-electron chi connectivity index (χ1n) is 20.4. The monoisotopic (exact) mass is 1040 g/mol. The van der Waals surface area contributed by atoms with Gasteiger partial charge in [0.05, 0.1) is 49.9 Å². The van der Waals surface area contributed by atoms with Gasteiger partial charge in [0.15, 0.2) is 11.6 Å². The molecule has 0 unspecified atom stereocenters. The molecular formula is C42H44Cl2N14O10S2. The number of nitrogens with zero attached hydrogens (tertiary/aromatic N) is 12. The maximum Gasteiger partial charge on any atom is 0.243 e. The van der Waals surface area contributed by atoms with Gasteiger partial charge in [-0.1, -0.05) is 35.3 Å². The summed E-state index contributed by atoms with van der Waals surface area (Å²) in [6.07, 6.45) is 3.27. The number of pyridine rings is 2. The van der Waals surface area contributed by atoms with E-state index in [0.29, 0.717) is 55.8 Å². The van der Waals surface area contributed by atoms with Crippen LogP contribution in [0.15, 0.2) is 97.6 Å². The van der Waals surface area contributed by atoms with E-state index in [4.69, 9.17) is 42.1 Å². The van der Waals surface area contributed by atoms with Crippen LogP contribution in [0.5, 0.6) is 23.0 Å². The molecule has 0 fully saturated rings. The summed E-state index contributed by atoms with van der Waals surface area (Å²) in [6.45, 7) is 0. The van der Waals surface area contributed by atoms with Crippen LogP contribution >= 0.6 is 23.2 Å². The molecule has 2 atom stereocenters. The molecule has 2 aromatic carbocycles. The fourth-order valence-corrected chi connectivity index (χ4v) is 9.13. The number of halogens is 2. The number of benzene rings is 2. The van der Waals surface area contributed by atoms with Crippen molar-refractivity contribution in [2.24, 2.45) is 14.1 Å². The SMILES string of the molecule is COc1cccc(OC)c1-n1c(NS(=O)(=O)C[C@@H](O)c2ccc(Cl)cn2)nnc1-c1ccn(C)n1.COc1cccc(OC)c1-n1c(NS(=O)(=O)C[C@H](O)c2ccc(Cl)cn2)nnc1-c1ccn(C)n1. The molecule has 6 aromatic heterocycles. The van der Waals surface area contributed by atoms with Crippen LogP contribution in [0.4, 0.5) is 11.9 Å². The molecule has 0 aliphatic carbocycles. The normalized spacial score (nSPS) is 12.4. The summed E-state index contributed by atoms with van der Waals surface area (Å²) in [4.78, 5) is 7.95. The number of methoxy groups -OCH3 is 4. The van der Waals surface area contributed by atoms with Crippen LogP contribution in [-0.4, -0.2) is 126 Å². The van der Waals surface area contributed by atoms with Gasteiger partial charge in [0.25, 0.3) is 0 Å². The van der Waals surface area contributed by atoms with Crippen LogP contribution in [0.1, 0.15) is 23.6 Å². The second-order valence-corrected chi connectivity index (χ2v) is 19.1. The van der Waals surface area contributed by atoms with Gasteiger partial charge in [0.2, 0.25) is 31.9 Å². The standard InChI is InChI=1S/2C21H22ClN7O5S/c2*1-28-10-9-15(26-28)20-24-25-21(29(20)19-17(33-2)5-4-6-18(19)34-3)27-35(31,32)12-16(30)14-8-7-13(22)11-23-14/h2*4-11,16,30H,12H2,1-3H3,(H,25,27)/t2*16-/m10/s1. The van der Waals surface area contributed by atoms with Crippen molar-refractivity contribution in [3.8, 4) is 57.4 Å². The zero-order valence-electron chi connectivity index (χ0n) is 37.9. The third-order valence-electron chi connectivity index (χ3n) is 9.89. The van der Waals surface area contributed by atoms with Crippen LogP contribution in [0.25, 0.3) is 34.4 Å². The Kier molecular flexibility index (Phi) is 15.5. The number of aryl methyl sites for hydroxylation is 2. The van der Waals surface area contributed by atoms with E-state index in [-0.39, 0.29) is 34.9 Å². The van der Waals surface area contributed by atoms with Crippen LogP contribution < -0.4 is 28.4 Å². The number of aliphatic hydroxyl groups excluding tert-OH is 2. The van der Waals surface area contributed by atoms with Gasteiger partial charge >= 0.3 is 0 Å². The maximum atomic E-state index is 13.0. The Bertz CT molecular complexity index is 3050. The fourth-order valence-electron chi connectivity index (χ4n) is 6.75. The van der Waals surface area contributed by atoms with Crippen LogP contribution in [0.3, 0.4) is 0 Å². The molecule has 0 spiro atoms. The zero-order chi connectivity index (χ0) is 50.3. The molecule has 70 heavy (non-hydrogen) atoms. The van der Waals surface area contributed by atoms with Crippen molar-refractivity contribution < 1.29 is 46.0 Å². The van der Waals surface area contributed by atoms with Crippen molar-refractivity contribution in [1.82, 2.24) is 59.1 Å². The Balaban J connectivity index is 0.000000206. The predicted octanol–water partition coefficient (Wildman–Crippen LogP) is 4.42. The number of sulfonamides is 2. The minimum atomic E-state index is -4.13. The van der Waals surface area contributed by atoms with Crippen molar-refractivity contribution in [3.05, 3.63) is 119 Å². The summed E-state index contributed by atoms with van der Waals surface area (Å²) >= 11 is 11.6. The van der Waals surface area contributed by atoms with Gasteiger partial charge in [-0.2, -0.15) is 10.2 Å². The Morgan fingerprint density at radius 3 is 1.20 bits per heavy atom. The highest BCUT2D eigenvalue weighted by atomic mass is 35.5. The highest BCUT2D eigenvalue weighted by molar-refractivity contribution is 7.93. The lowest BCUT2D eigenvalue weighted by Crippen LogP contribution is -2.24. The third-order valence-corrected chi connectivity index (χ3v) is 12.8. The van der Waals surface area contributed by atoms with Crippen molar-refractivity contribution in [2.45, 2.75) is 12.2 Å². The van der Waals surface area contributed by atoms with Crippen molar-refractivity contribution in [3.63, 3.8) is 0 Å². The highest BCUT2D eigenvalue weighted by Crippen LogP contribution is 2.39. The average molecular weight is 1040 g/mol. The second-order valence-electron chi connectivity index (χ2n) is 14.7. The van der Waals surface area contributed by atoms with E-state index < -0.39 is 43.8 Å². The van der Waals surface area contributed by atoms with E-state index in [9.17, 15) is 27.0 Å². The molecule has 28 heteroatoms. The lowest BCUT2D eigenvalue weighted by atomic mass is 10.2. The van der Waals surface area contributed by atoms with E-state index in [1.165, 1.54) is 74.2 Å². The Morgan fingerprint density at radius 2 is 0.914 bits per heavy atom. The van der Waals surface area contributed by atoms with E-state index >= 15 is 0 Å². The molecule has 0 radical (unpaired) electrons. The lowest BCUT2D eigenvalue weighted by molar-refractivity contribution is 0.196. The third kappa shape index (κ3) is 11.6. The summed E-state index contributed by atoms with van der Waals surface area (Å²) < 4.78 is 84.9. The van der Waals surface area contributed by atoms with Crippen LogP contribution in [0, 0.1) is 0 Å². The molecule has 0 aliphatic heterocycles. The van der Waals surface area contributed by atoms with Gasteiger partial charge in [-0.15, -0.1) is 20.4 Å². The zero-order valence-corrected chi connectivity index (χ0v) is 41.1. The van der Waals surface area contributed by atoms with Gasteiger partial charge in [0, 0.05) is 38.9 Å². The molecule has 0 aliphatic rings. The number of aromatic nitrogens is 12. The van der Waals surface area contributed by atoms with Gasteiger partial charge < -0.3 is 29.2 Å². The molecule has 6 heterocycles. The minimum absolute atomic E-state index is 0.148. The van der Waals surface area contributed by atoms with E-state index in [2.05, 4.69) is 50.0 Å². The van der Waals surface area contributed by atoms with Crippen molar-refractivity contribution in [1.29, 1.82) is 0 Å². The smallest absolute Gasteiger partial charge is 0.243 e. The summed E-state index contributed by atoms with van der Waals surface area (Å²) in [6, 6.07) is 19.5. The molecule has 4 N–H and O–H groups in total. The molecule has 8 aromatic rings. The summed E-state index contributed by atoms with van der Waals surface area (Å²) in [5, 5.41) is 46.8. The van der Waals surface area contributed by atoms with Crippen molar-refractivity contribution in [2.75, 3.05) is 49.4 Å². The fraction of sp³-hybridized carbons (Fsp3) is 0.238. The Labute approximate surface area is 410 Å². The predicted molar refractivity (Wildman–Crippen MR) is 257 cm³/mol. The van der Waals surface area contributed by atoms with Gasteiger partial charge in [-0.05, 0) is 60.7 Å².